The number of hydrogen-bond acceptors (Lipinski definition) is 4. The average Bonchev–Trinajstić information content (AvgIpc) is 2.93. The first-order chi connectivity index (χ1) is 18.5. The molecular weight excluding hydrogens is 521 g/mol. The van der Waals surface area contributed by atoms with Crippen LogP contribution < -0.4 is 10.6 Å². The van der Waals surface area contributed by atoms with Crippen molar-refractivity contribution in [3.8, 4) is 22.3 Å². The van der Waals surface area contributed by atoms with Crippen LogP contribution in [0.1, 0.15) is 0 Å². The number of rotatable bonds is 3. The molecule has 0 atom stereocenters. The summed E-state index contributed by atoms with van der Waals surface area (Å²) < 4.78 is 0. The van der Waals surface area contributed by atoms with Crippen LogP contribution in [0.25, 0.3) is 22.3 Å². The third-order valence-electron chi connectivity index (χ3n) is 6.99. The van der Waals surface area contributed by atoms with E-state index in [9.17, 15) is 0 Å². The molecular formula is C33H28N2S3. The Morgan fingerprint density at radius 1 is 0.447 bits per heavy atom. The Balaban J connectivity index is 1.42. The fourth-order valence-electron chi connectivity index (χ4n) is 5.38. The Kier molecular flexibility index (Phi) is 5.77. The van der Waals surface area contributed by atoms with E-state index >= 15 is 0 Å². The zero-order chi connectivity index (χ0) is 25.9. The summed E-state index contributed by atoms with van der Waals surface area (Å²) in [4.78, 5) is 6.53. The Morgan fingerprint density at radius 3 is 1.32 bits per heavy atom. The van der Waals surface area contributed by atoms with Gasteiger partial charge in [-0.2, -0.15) is 0 Å². The molecule has 0 radical (unpaired) electrons. The fraction of sp³-hybridized carbons (Fsp3) is 0.0909. The van der Waals surface area contributed by atoms with Crippen molar-refractivity contribution in [1.82, 2.24) is 0 Å². The van der Waals surface area contributed by atoms with Crippen molar-refractivity contribution in [2.24, 2.45) is 0 Å². The quantitative estimate of drug-likeness (QED) is 0.229. The highest BCUT2D eigenvalue weighted by molar-refractivity contribution is 8.32. The summed E-state index contributed by atoms with van der Waals surface area (Å²) in [7, 11) is -1.10. The van der Waals surface area contributed by atoms with Crippen LogP contribution in [0.15, 0.2) is 128 Å². The molecule has 38 heavy (non-hydrogen) atoms. The maximum atomic E-state index is 3.78. The zero-order valence-corrected chi connectivity index (χ0v) is 24.0. The van der Waals surface area contributed by atoms with Crippen LogP contribution >= 0.6 is 33.6 Å². The molecule has 5 aromatic rings. The van der Waals surface area contributed by atoms with Crippen LogP contribution in [0, 0.1) is 0 Å². The van der Waals surface area contributed by atoms with E-state index in [2.05, 4.69) is 133 Å². The first-order valence-electron chi connectivity index (χ1n) is 12.6. The number of para-hydroxylation sites is 4. The minimum absolute atomic E-state index is 1.10. The van der Waals surface area contributed by atoms with Gasteiger partial charge in [-0.3, -0.25) is 0 Å². The van der Waals surface area contributed by atoms with Crippen LogP contribution in [0.2, 0.25) is 0 Å². The second-order valence-corrected chi connectivity index (χ2v) is 16.6. The van der Waals surface area contributed by atoms with E-state index in [4.69, 9.17) is 0 Å². The predicted octanol–water partition coefficient (Wildman–Crippen LogP) is 10.5. The largest absolute Gasteiger partial charge is 0.353 e. The van der Waals surface area contributed by atoms with Gasteiger partial charge in [-0.05, 0) is 66.3 Å². The Hall–Kier alpha value is -3.25. The maximum absolute atomic E-state index is 3.78. The summed E-state index contributed by atoms with van der Waals surface area (Å²) >= 11 is 3.70. The summed E-state index contributed by atoms with van der Waals surface area (Å²) in [5.74, 6) is 0. The molecule has 0 bridgehead atoms. The Labute approximate surface area is 234 Å². The van der Waals surface area contributed by atoms with Crippen molar-refractivity contribution >= 4 is 56.3 Å². The predicted molar refractivity (Wildman–Crippen MR) is 169 cm³/mol. The molecule has 0 saturated carbocycles. The van der Waals surface area contributed by atoms with Crippen molar-refractivity contribution in [1.29, 1.82) is 0 Å². The topological polar surface area (TPSA) is 24.1 Å². The van der Waals surface area contributed by atoms with Gasteiger partial charge < -0.3 is 10.6 Å². The molecule has 0 aromatic heterocycles. The van der Waals surface area contributed by atoms with E-state index in [-0.39, 0.29) is 0 Å². The first kappa shape index (κ1) is 23.8. The van der Waals surface area contributed by atoms with Crippen LogP contribution in [-0.2, 0) is 0 Å². The van der Waals surface area contributed by atoms with E-state index in [1.807, 2.05) is 23.5 Å². The molecule has 0 fully saturated rings. The van der Waals surface area contributed by atoms with Gasteiger partial charge in [0.15, 0.2) is 0 Å². The van der Waals surface area contributed by atoms with Crippen LogP contribution in [-0.4, -0.2) is 18.8 Å². The normalized spacial score (nSPS) is 13.8. The number of fused-ring (bicyclic) bond motifs is 4. The third-order valence-corrected chi connectivity index (χ3v) is 10.9. The van der Waals surface area contributed by atoms with Gasteiger partial charge in [-0.25, -0.2) is 10.0 Å². The molecule has 5 aromatic carbocycles. The van der Waals surface area contributed by atoms with E-state index in [0.717, 1.165) is 0 Å². The summed E-state index contributed by atoms with van der Waals surface area (Å²) in [5.41, 5.74) is 9.92. The standard InChI is InChI=1S/C33H28N2S3/c1-38(2,3)33-23(21-11-9-19-29-31(21)34-25-15-4-6-17-27(25)36-29)13-8-14-24(33)22-12-10-20-30-32(22)35-26-16-5-7-18-28(26)37-30/h4-20,34-35H,1-3H3. The third kappa shape index (κ3) is 4.01. The zero-order valence-electron chi connectivity index (χ0n) is 21.5. The van der Waals surface area contributed by atoms with E-state index in [1.165, 1.54) is 69.5 Å². The van der Waals surface area contributed by atoms with Crippen molar-refractivity contribution in [3.05, 3.63) is 103 Å². The molecule has 2 N–H and O–H groups in total. The van der Waals surface area contributed by atoms with Crippen molar-refractivity contribution < 1.29 is 0 Å². The van der Waals surface area contributed by atoms with Gasteiger partial charge in [0.25, 0.3) is 0 Å². The van der Waals surface area contributed by atoms with Gasteiger partial charge in [0.2, 0.25) is 0 Å². The van der Waals surface area contributed by atoms with Crippen LogP contribution in [0.3, 0.4) is 0 Å². The van der Waals surface area contributed by atoms with Gasteiger partial charge in [0.1, 0.15) is 0 Å². The van der Waals surface area contributed by atoms with Gasteiger partial charge in [0, 0.05) is 35.6 Å². The molecule has 0 spiro atoms. The molecule has 7 rings (SSSR count). The second kappa shape index (κ2) is 9.19. The first-order valence-corrected chi connectivity index (χ1v) is 17.1. The molecule has 2 nitrogen and oxygen atoms in total. The van der Waals surface area contributed by atoms with Crippen molar-refractivity contribution in [3.63, 3.8) is 0 Å². The van der Waals surface area contributed by atoms with Gasteiger partial charge >= 0.3 is 0 Å². The van der Waals surface area contributed by atoms with E-state index < -0.39 is 10.0 Å². The lowest BCUT2D eigenvalue weighted by atomic mass is 9.96. The average molecular weight is 549 g/mol. The lowest BCUT2D eigenvalue weighted by Gasteiger charge is -2.34. The molecule has 0 aliphatic carbocycles. The highest BCUT2D eigenvalue weighted by atomic mass is 32.3. The minimum Gasteiger partial charge on any atom is -0.353 e. The highest BCUT2D eigenvalue weighted by Gasteiger charge is 2.27. The van der Waals surface area contributed by atoms with Crippen molar-refractivity contribution in [2.75, 3.05) is 29.4 Å². The fourth-order valence-corrected chi connectivity index (χ4v) is 9.10. The Morgan fingerprint density at radius 2 is 0.842 bits per heavy atom. The molecule has 0 unspecified atom stereocenters. The number of benzene rings is 5. The summed E-state index contributed by atoms with van der Waals surface area (Å²) in [6.07, 6.45) is 7.24. The highest BCUT2D eigenvalue weighted by Crippen LogP contribution is 2.58. The molecule has 2 heterocycles. The number of nitrogens with one attached hydrogen (secondary N) is 2. The summed E-state index contributed by atoms with van der Waals surface area (Å²) in [6.45, 7) is 0. The molecule has 5 heteroatoms. The number of anilines is 4. The number of hydrogen-bond donors (Lipinski definition) is 2. The summed E-state index contributed by atoms with van der Waals surface area (Å²) in [5, 5.41) is 7.56. The second-order valence-electron chi connectivity index (χ2n) is 10.3. The Bertz CT molecular complexity index is 1600. The summed E-state index contributed by atoms with van der Waals surface area (Å²) in [6, 6.07) is 37.4. The van der Waals surface area contributed by atoms with Gasteiger partial charge in [-0.15, -0.1) is 0 Å². The minimum atomic E-state index is -1.10. The molecule has 0 amide bonds. The van der Waals surface area contributed by atoms with Gasteiger partial charge in [-0.1, -0.05) is 90.3 Å². The lowest BCUT2D eigenvalue weighted by Crippen LogP contribution is -2.06. The lowest BCUT2D eigenvalue weighted by molar-refractivity contribution is 1.29. The van der Waals surface area contributed by atoms with Gasteiger partial charge in [0.05, 0.1) is 22.7 Å². The monoisotopic (exact) mass is 548 g/mol. The molecule has 2 aliphatic rings. The van der Waals surface area contributed by atoms with Crippen LogP contribution in [0.4, 0.5) is 22.7 Å². The van der Waals surface area contributed by atoms with Crippen molar-refractivity contribution in [2.45, 2.75) is 24.5 Å². The smallest absolute Gasteiger partial charge is 0.0606 e. The van der Waals surface area contributed by atoms with Crippen LogP contribution in [0.5, 0.6) is 0 Å². The molecule has 0 saturated heterocycles. The van der Waals surface area contributed by atoms with E-state index in [1.54, 1.807) is 0 Å². The maximum Gasteiger partial charge on any atom is 0.0606 e. The van der Waals surface area contributed by atoms with E-state index in [0.29, 0.717) is 0 Å². The SMILES string of the molecule is CS(C)(C)c1c(-c2cccc3c2Nc2ccccc2S3)cccc1-c1cccc2c1Nc1ccccc1S2. The molecule has 2 aliphatic heterocycles. The molecule has 188 valence electrons.